The highest BCUT2D eigenvalue weighted by atomic mass is 16.7. The minimum atomic E-state index is -0.368. The molecule has 1 aliphatic heterocycles. The molecule has 2 heteroatoms. The summed E-state index contributed by atoms with van der Waals surface area (Å²) in [4.78, 5) is 0. The Morgan fingerprint density at radius 2 is 1.68 bits per heavy atom. The molecule has 0 aliphatic carbocycles. The fourth-order valence-corrected chi connectivity index (χ4v) is 2.68. The number of benzene rings is 1. The number of hydrogen-bond donors (Lipinski definition) is 0. The van der Waals surface area contributed by atoms with Crippen LogP contribution in [0.2, 0.25) is 0 Å². The number of ether oxygens (including phenoxy) is 2. The monoisotopic (exact) mass is 262 g/mol. The van der Waals surface area contributed by atoms with Crippen molar-refractivity contribution in [2.24, 2.45) is 0 Å². The third kappa shape index (κ3) is 3.80. The molecule has 2 nitrogen and oxygen atoms in total. The molecule has 1 aromatic rings. The van der Waals surface area contributed by atoms with Crippen molar-refractivity contribution in [3.63, 3.8) is 0 Å². The van der Waals surface area contributed by atoms with Crippen LogP contribution in [0.25, 0.3) is 0 Å². The van der Waals surface area contributed by atoms with Gasteiger partial charge in [0.2, 0.25) is 0 Å². The Bertz CT molecular complexity index is 375. The smallest absolute Gasteiger partial charge is 0.165 e. The predicted octanol–water partition coefficient (Wildman–Crippen LogP) is 4.29. The van der Waals surface area contributed by atoms with Crippen LogP contribution in [0.15, 0.2) is 24.3 Å². The Balaban J connectivity index is 1.93. The van der Waals surface area contributed by atoms with Crippen molar-refractivity contribution in [3.8, 4) is 0 Å². The van der Waals surface area contributed by atoms with Gasteiger partial charge in [0.25, 0.3) is 0 Å². The number of aryl methyl sites for hydroxylation is 1. The van der Waals surface area contributed by atoms with Gasteiger partial charge < -0.3 is 9.47 Å². The van der Waals surface area contributed by atoms with Gasteiger partial charge >= 0.3 is 0 Å². The summed E-state index contributed by atoms with van der Waals surface area (Å²) in [5.74, 6) is 0.00791. The van der Waals surface area contributed by atoms with Crippen LogP contribution in [0.1, 0.15) is 57.1 Å². The Morgan fingerprint density at radius 1 is 1.05 bits per heavy atom. The molecular weight excluding hydrogens is 236 g/mol. The zero-order valence-corrected chi connectivity index (χ0v) is 12.4. The summed E-state index contributed by atoms with van der Waals surface area (Å²) in [7, 11) is 0. The highest BCUT2D eigenvalue weighted by Crippen LogP contribution is 2.30. The summed E-state index contributed by atoms with van der Waals surface area (Å²) >= 11 is 0. The molecule has 0 amide bonds. The summed E-state index contributed by atoms with van der Waals surface area (Å²) < 4.78 is 11.9. The molecule has 0 N–H and O–H groups in total. The molecule has 1 aliphatic rings. The lowest BCUT2D eigenvalue weighted by atomic mass is 9.97. The van der Waals surface area contributed by atoms with Crippen molar-refractivity contribution in [1.82, 2.24) is 0 Å². The Labute approximate surface area is 117 Å². The molecule has 0 radical (unpaired) electrons. The van der Waals surface area contributed by atoms with Gasteiger partial charge in [-0.1, -0.05) is 51.0 Å². The number of rotatable bonds is 5. The van der Waals surface area contributed by atoms with Gasteiger partial charge in [-0.15, -0.1) is 0 Å². The van der Waals surface area contributed by atoms with Crippen LogP contribution >= 0.6 is 0 Å². The highest BCUT2D eigenvalue weighted by Gasteiger charge is 2.32. The first kappa shape index (κ1) is 14.5. The Morgan fingerprint density at radius 3 is 2.21 bits per heavy atom. The lowest BCUT2D eigenvalue weighted by Crippen LogP contribution is -2.40. The van der Waals surface area contributed by atoms with Crippen LogP contribution in [0, 0.1) is 0 Å². The van der Waals surface area contributed by atoms with Crippen molar-refractivity contribution >= 4 is 0 Å². The van der Waals surface area contributed by atoms with E-state index in [4.69, 9.17) is 9.47 Å². The molecule has 2 rings (SSSR count). The minimum absolute atomic E-state index is 0.368. The molecule has 1 saturated heterocycles. The van der Waals surface area contributed by atoms with Crippen LogP contribution in [-0.4, -0.2) is 19.0 Å². The molecule has 19 heavy (non-hydrogen) atoms. The molecule has 0 spiro atoms. The molecule has 106 valence electrons. The van der Waals surface area contributed by atoms with E-state index in [2.05, 4.69) is 45.0 Å². The molecule has 1 aromatic carbocycles. The fourth-order valence-electron chi connectivity index (χ4n) is 2.68. The van der Waals surface area contributed by atoms with Gasteiger partial charge in [-0.2, -0.15) is 0 Å². The highest BCUT2D eigenvalue weighted by molar-refractivity contribution is 5.26. The van der Waals surface area contributed by atoms with E-state index in [-0.39, 0.29) is 5.79 Å². The zero-order chi connectivity index (χ0) is 13.7. The van der Waals surface area contributed by atoms with E-state index >= 15 is 0 Å². The van der Waals surface area contributed by atoms with E-state index in [9.17, 15) is 0 Å². The topological polar surface area (TPSA) is 18.5 Å². The van der Waals surface area contributed by atoms with Crippen molar-refractivity contribution in [2.45, 2.75) is 58.2 Å². The maximum Gasteiger partial charge on any atom is 0.165 e. The summed E-state index contributed by atoms with van der Waals surface area (Å²) in [5.41, 5.74) is 2.75. The average molecular weight is 262 g/mol. The van der Waals surface area contributed by atoms with E-state index in [0.717, 1.165) is 32.5 Å². The summed E-state index contributed by atoms with van der Waals surface area (Å²) in [6.07, 6.45) is 4.42. The van der Waals surface area contributed by atoms with E-state index in [0.29, 0.717) is 5.92 Å². The van der Waals surface area contributed by atoms with E-state index in [1.165, 1.54) is 17.5 Å². The van der Waals surface area contributed by atoms with E-state index < -0.39 is 0 Å². The van der Waals surface area contributed by atoms with Crippen LogP contribution in [0.5, 0.6) is 0 Å². The molecule has 0 atom stereocenters. The van der Waals surface area contributed by atoms with Gasteiger partial charge in [-0.05, 0) is 24.5 Å². The van der Waals surface area contributed by atoms with Gasteiger partial charge in [0.05, 0.1) is 13.2 Å². The third-order valence-electron chi connectivity index (χ3n) is 3.87. The van der Waals surface area contributed by atoms with Gasteiger partial charge in [-0.25, -0.2) is 0 Å². The molecule has 0 saturated carbocycles. The van der Waals surface area contributed by atoms with Crippen molar-refractivity contribution in [3.05, 3.63) is 35.4 Å². The maximum atomic E-state index is 5.93. The maximum absolute atomic E-state index is 5.93. The van der Waals surface area contributed by atoms with Crippen molar-refractivity contribution in [1.29, 1.82) is 0 Å². The summed E-state index contributed by atoms with van der Waals surface area (Å²) in [6.45, 7) is 7.96. The quantitative estimate of drug-likeness (QED) is 0.788. The minimum Gasteiger partial charge on any atom is -0.350 e. The Kier molecular flexibility index (Phi) is 5.00. The van der Waals surface area contributed by atoms with Crippen molar-refractivity contribution in [2.75, 3.05) is 13.2 Å². The lowest BCUT2D eigenvalue weighted by molar-refractivity contribution is -0.265. The van der Waals surface area contributed by atoms with Crippen LogP contribution in [-0.2, 0) is 15.9 Å². The van der Waals surface area contributed by atoms with E-state index in [1.807, 2.05) is 0 Å². The fraction of sp³-hybridized carbons (Fsp3) is 0.647. The first-order chi connectivity index (χ1) is 9.17. The predicted molar refractivity (Wildman–Crippen MR) is 78.4 cm³/mol. The second-order valence-electron chi connectivity index (χ2n) is 5.69. The normalized spacial score (nSPS) is 27.4. The number of hydrogen-bond acceptors (Lipinski definition) is 2. The first-order valence-electron chi connectivity index (χ1n) is 7.53. The van der Waals surface area contributed by atoms with Crippen LogP contribution in [0.4, 0.5) is 0 Å². The molecule has 1 fully saturated rings. The van der Waals surface area contributed by atoms with Gasteiger partial charge in [0.15, 0.2) is 5.79 Å². The lowest BCUT2D eigenvalue weighted by Gasteiger charge is -2.37. The second-order valence-corrected chi connectivity index (χ2v) is 5.69. The molecule has 0 bridgehead atoms. The van der Waals surface area contributed by atoms with E-state index in [1.54, 1.807) is 0 Å². The molecule has 0 aromatic heterocycles. The molecular formula is C17H26O2. The third-order valence-corrected chi connectivity index (χ3v) is 3.87. The standard InChI is InChI=1S/C17H26O2/c1-4-6-14-7-9-15(10-8-14)16-12-18-17(3,11-5-2)19-13-16/h7-10,16H,4-6,11-13H2,1-3H3/t16-,17-. The summed E-state index contributed by atoms with van der Waals surface area (Å²) in [6, 6.07) is 8.92. The summed E-state index contributed by atoms with van der Waals surface area (Å²) in [5, 5.41) is 0. The zero-order valence-electron chi connectivity index (χ0n) is 12.4. The molecule has 0 unspecified atom stereocenters. The average Bonchev–Trinajstić information content (AvgIpc) is 2.41. The first-order valence-corrected chi connectivity index (χ1v) is 7.53. The SMILES string of the molecule is CCCc1ccc([C@H]2CO[C@](C)(CCC)OC2)cc1. The largest absolute Gasteiger partial charge is 0.350 e. The van der Waals surface area contributed by atoms with Crippen LogP contribution < -0.4 is 0 Å². The van der Waals surface area contributed by atoms with Gasteiger partial charge in [0.1, 0.15) is 0 Å². The van der Waals surface area contributed by atoms with Gasteiger partial charge in [0, 0.05) is 12.3 Å². The van der Waals surface area contributed by atoms with Crippen molar-refractivity contribution < 1.29 is 9.47 Å². The molecule has 1 heterocycles. The van der Waals surface area contributed by atoms with Gasteiger partial charge in [-0.3, -0.25) is 0 Å². The van der Waals surface area contributed by atoms with Crippen LogP contribution in [0.3, 0.4) is 0 Å². The Hall–Kier alpha value is -0.860. The second kappa shape index (κ2) is 6.53.